The van der Waals surface area contributed by atoms with Crippen LogP contribution >= 0.6 is 0 Å². The molecule has 1 aliphatic heterocycles. The predicted octanol–water partition coefficient (Wildman–Crippen LogP) is 3.73. The van der Waals surface area contributed by atoms with Crippen LogP contribution in [0.15, 0.2) is 36.4 Å². The number of benzene rings is 2. The first-order valence-electron chi connectivity index (χ1n) is 8.57. The van der Waals surface area contributed by atoms with Gasteiger partial charge in [0.2, 0.25) is 5.91 Å². The van der Waals surface area contributed by atoms with Gasteiger partial charge in [0.25, 0.3) is 0 Å². The van der Waals surface area contributed by atoms with Gasteiger partial charge in [-0.2, -0.15) is 0 Å². The lowest BCUT2D eigenvalue weighted by atomic mass is 9.98. The van der Waals surface area contributed by atoms with E-state index in [1.165, 1.54) is 18.1 Å². The highest BCUT2D eigenvalue weighted by Crippen LogP contribution is 2.29. The van der Waals surface area contributed by atoms with E-state index in [4.69, 9.17) is 4.74 Å². The van der Waals surface area contributed by atoms with Gasteiger partial charge in [0.15, 0.2) is 5.78 Å². The molecule has 4 nitrogen and oxygen atoms in total. The standard InChI is InChI=1S/C21H23NO3/c1-14-6-8-19-17(11-14)5-4-10-22(19)21(24)13-18-12-16(15(2)23)7-9-20(18)25-3/h6-9,11-12H,4-5,10,13H2,1-3H3. The van der Waals surface area contributed by atoms with Gasteiger partial charge in [-0.1, -0.05) is 17.7 Å². The van der Waals surface area contributed by atoms with Crippen LogP contribution in [0.1, 0.15) is 40.4 Å². The Morgan fingerprint density at radius 1 is 1.16 bits per heavy atom. The van der Waals surface area contributed by atoms with Gasteiger partial charge < -0.3 is 9.64 Å². The van der Waals surface area contributed by atoms with Gasteiger partial charge in [0.1, 0.15) is 5.75 Å². The van der Waals surface area contributed by atoms with Crippen LogP contribution in [0, 0.1) is 6.92 Å². The minimum absolute atomic E-state index is 0.0184. The first-order valence-corrected chi connectivity index (χ1v) is 8.57. The second-order valence-electron chi connectivity index (χ2n) is 6.54. The first kappa shape index (κ1) is 17.2. The van der Waals surface area contributed by atoms with Crippen LogP contribution in [-0.4, -0.2) is 25.3 Å². The molecular formula is C21H23NO3. The molecule has 1 aliphatic rings. The summed E-state index contributed by atoms with van der Waals surface area (Å²) in [6.45, 7) is 4.32. The number of hydrogen-bond acceptors (Lipinski definition) is 3. The number of aryl methyl sites for hydroxylation is 2. The van der Waals surface area contributed by atoms with E-state index in [1.807, 2.05) is 17.0 Å². The van der Waals surface area contributed by atoms with Crippen LogP contribution in [-0.2, 0) is 17.6 Å². The van der Waals surface area contributed by atoms with Crippen LogP contribution in [0.3, 0.4) is 0 Å². The lowest BCUT2D eigenvalue weighted by Gasteiger charge is -2.30. The van der Waals surface area contributed by atoms with Crippen molar-refractivity contribution in [3.05, 3.63) is 58.7 Å². The summed E-state index contributed by atoms with van der Waals surface area (Å²) in [5.41, 5.74) is 4.79. The number of carbonyl (C=O) groups excluding carboxylic acids is 2. The second kappa shape index (κ2) is 7.09. The van der Waals surface area contributed by atoms with Crippen molar-refractivity contribution in [3.63, 3.8) is 0 Å². The Labute approximate surface area is 148 Å². The SMILES string of the molecule is COc1ccc(C(C)=O)cc1CC(=O)N1CCCc2cc(C)ccc21. The molecule has 130 valence electrons. The summed E-state index contributed by atoms with van der Waals surface area (Å²) in [5, 5.41) is 0. The maximum atomic E-state index is 12.9. The Morgan fingerprint density at radius 3 is 2.68 bits per heavy atom. The molecule has 25 heavy (non-hydrogen) atoms. The van der Waals surface area contributed by atoms with E-state index in [9.17, 15) is 9.59 Å². The molecule has 1 amide bonds. The summed E-state index contributed by atoms with van der Waals surface area (Å²) in [6, 6.07) is 11.5. The number of nitrogens with zero attached hydrogens (tertiary/aromatic N) is 1. The molecule has 0 aromatic heterocycles. The van der Waals surface area contributed by atoms with Gasteiger partial charge in [-0.05, 0) is 56.5 Å². The molecule has 0 N–H and O–H groups in total. The Morgan fingerprint density at radius 2 is 1.96 bits per heavy atom. The van der Waals surface area contributed by atoms with Gasteiger partial charge in [0.05, 0.1) is 13.5 Å². The van der Waals surface area contributed by atoms with Crippen molar-refractivity contribution in [1.82, 2.24) is 0 Å². The first-order chi connectivity index (χ1) is 12.0. The molecule has 0 radical (unpaired) electrons. The number of ketones is 1. The van der Waals surface area contributed by atoms with Gasteiger partial charge in [0, 0.05) is 23.4 Å². The molecule has 0 fully saturated rings. The largest absolute Gasteiger partial charge is 0.496 e. The monoisotopic (exact) mass is 337 g/mol. The Bertz CT molecular complexity index is 826. The normalized spacial score (nSPS) is 13.3. The van der Waals surface area contributed by atoms with Gasteiger partial charge >= 0.3 is 0 Å². The fraction of sp³-hybridized carbons (Fsp3) is 0.333. The molecule has 2 aromatic rings. The summed E-state index contributed by atoms with van der Waals surface area (Å²) in [4.78, 5) is 26.5. The third-order valence-electron chi connectivity index (χ3n) is 4.68. The van der Waals surface area contributed by atoms with E-state index in [0.29, 0.717) is 11.3 Å². The predicted molar refractivity (Wildman–Crippen MR) is 98.6 cm³/mol. The maximum absolute atomic E-state index is 12.9. The van der Waals surface area contributed by atoms with E-state index in [1.54, 1.807) is 25.3 Å². The van der Waals surface area contributed by atoms with Crippen LogP contribution in [0.25, 0.3) is 0 Å². The minimum atomic E-state index is -0.0184. The molecular weight excluding hydrogens is 314 g/mol. The van der Waals surface area contributed by atoms with Crippen LogP contribution in [0.4, 0.5) is 5.69 Å². The van der Waals surface area contributed by atoms with E-state index in [0.717, 1.165) is 30.6 Å². The number of fused-ring (bicyclic) bond motifs is 1. The second-order valence-corrected chi connectivity index (χ2v) is 6.54. The van der Waals surface area contributed by atoms with Crippen molar-refractivity contribution in [2.24, 2.45) is 0 Å². The number of anilines is 1. The number of amides is 1. The number of Topliss-reactive ketones (excluding diaryl/α,β-unsaturated/α-hetero) is 1. The van der Waals surface area contributed by atoms with E-state index in [2.05, 4.69) is 13.0 Å². The fourth-order valence-corrected chi connectivity index (χ4v) is 3.38. The molecule has 0 spiro atoms. The average Bonchev–Trinajstić information content (AvgIpc) is 2.60. The van der Waals surface area contributed by atoms with Crippen molar-refractivity contribution in [1.29, 1.82) is 0 Å². The topological polar surface area (TPSA) is 46.6 Å². The highest BCUT2D eigenvalue weighted by atomic mass is 16.5. The molecule has 4 heteroatoms. The fourth-order valence-electron chi connectivity index (χ4n) is 3.38. The zero-order valence-electron chi connectivity index (χ0n) is 15.0. The molecule has 3 rings (SSSR count). The van der Waals surface area contributed by atoms with Crippen molar-refractivity contribution in [2.75, 3.05) is 18.6 Å². The number of rotatable bonds is 4. The Kier molecular flexibility index (Phi) is 4.88. The number of ether oxygens (including phenoxy) is 1. The molecule has 0 aliphatic carbocycles. The van der Waals surface area contributed by atoms with Gasteiger partial charge in [-0.25, -0.2) is 0 Å². The molecule has 0 bridgehead atoms. The molecule has 1 heterocycles. The molecule has 2 aromatic carbocycles. The van der Waals surface area contributed by atoms with E-state index < -0.39 is 0 Å². The highest BCUT2D eigenvalue weighted by molar-refractivity contribution is 5.97. The van der Waals surface area contributed by atoms with Gasteiger partial charge in [-0.15, -0.1) is 0 Å². The minimum Gasteiger partial charge on any atom is -0.496 e. The summed E-state index contributed by atoms with van der Waals surface area (Å²) in [6.07, 6.45) is 2.19. The average molecular weight is 337 g/mol. The zero-order chi connectivity index (χ0) is 18.0. The van der Waals surface area contributed by atoms with Gasteiger partial charge in [-0.3, -0.25) is 9.59 Å². The van der Waals surface area contributed by atoms with E-state index >= 15 is 0 Å². The lowest BCUT2D eigenvalue weighted by molar-refractivity contribution is -0.118. The quantitative estimate of drug-likeness (QED) is 0.799. The third-order valence-corrected chi connectivity index (χ3v) is 4.68. The smallest absolute Gasteiger partial charge is 0.231 e. The van der Waals surface area contributed by atoms with Crippen LogP contribution in [0.5, 0.6) is 5.75 Å². The highest BCUT2D eigenvalue weighted by Gasteiger charge is 2.23. The Hall–Kier alpha value is -2.62. The summed E-state index contributed by atoms with van der Waals surface area (Å²) < 4.78 is 5.37. The number of carbonyl (C=O) groups is 2. The molecule has 0 saturated carbocycles. The van der Waals surface area contributed by atoms with Crippen LogP contribution < -0.4 is 9.64 Å². The van der Waals surface area contributed by atoms with Crippen molar-refractivity contribution >= 4 is 17.4 Å². The third kappa shape index (κ3) is 3.58. The Balaban J connectivity index is 1.89. The number of hydrogen-bond donors (Lipinski definition) is 0. The number of methoxy groups -OCH3 is 1. The van der Waals surface area contributed by atoms with E-state index in [-0.39, 0.29) is 18.1 Å². The molecule has 0 unspecified atom stereocenters. The lowest BCUT2D eigenvalue weighted by Crippen LogP contribution is -2.36. The zero-order valence-corrected chi connectivity index (χ0v) is 15.0. The van der Waals surface area contributed by atoms with Crippen molar-refractivity contribution < 1.29 is 14.3 Å². The summed E-state index contributed by atoms with van der Waals surface area (Å²) in [7, 11) is 1.58. The van der Waals surface area contributed by atoms with Crippen molar-refractivity contribution in [2.45, 2.75) is 33.1 Å². The maximum Gasteiger partial charge on any atom is 0.231 e. The molecule has 0 saturated heterocycles. The van der Waals surface area contributed by atoms with Crippen LogP contribution in [0.2, 0.25) is 0 Å². The summed E-state index contributed by atoms with van der Waals surface area (Å²) in [5.74, 6) is 0.651. The molecule has 0 atom stereocenters. The van der Waals surface area contributed by atoms with Crippen molar-refractivity contribution in [3.8, 4) is 5.75 Å². The summed E-state index contributed by atoms with van der Waals surface area (Å²) >= 11 is 0.